The van der Waals surface area contributed by atoms with Crippen molar-refractivity contribution in [1.29, 1.82) is 0 Å². The van der Waals surface area contributed by atoms with Gasteiger partial charge in [-0.15, -0.1) is 0 Å². The van der Waals surface area contributed by atoms with Crippen LogP contribution in [0.4, 0.5) is 4.79 Å². The van der Waals surface area contributed by atoms with Crippen LogP contribution in [-0.4, -0.2) is 34.7 Å². The van der Waals surface area contributed by atoms with E-state index in [1.165, 1.54) is 0 Å². The van der Waals surface area contributed by atoms with E-state index in [1.807, 2.05) is 49.4 Å². The summed E-state index contributed by atoms with van der Waals surface area (Å²) < 4.78 is 5.43. The van der Waals surface area contributed by atoms with Crippen LogP contribution in [0.3, 0.4) is 0 Å². The van der Waals surface area contributed by atoms with Gasteiger partial charge < -0.3 is 14.7 Å². The van der Waals surface area contributed by atoms with E-state index in [1.54, 1.807) is 17.0 Å². The summed E-state index contributed by atoms with van der Waals surface area (Å²) in [5.74, 6) is -0.737. The number of rotatable bonds is 4. The highest BCUT2D eigenvalue weighted by Crippen LogP contribution is 2.32. The van der Waals surface area contributed by atoms with Gasteiger partial charge in [0.1, 0.15) is 6.61 Å². The lowest BCUT2D eigenvalue weighted by atomic mass is 9.96. The van der Waals surface area contributed by atoms with Gasteiger partial charge in [0.15, 0.2) is 0 Å². The smallest absolute Gasteiger partial charge is 0.410 e. The molecule has 1 fully saturated rings. The van der Waals surface area contributed by atoms with E-state index in [0.717, 1.165) is 17.5 Å². The highest BCUT2D eigenvalue weighted by Gasteiger charge is 2.34. The predicted octanol–water partition coefficient (Wildman–Crippen LogP) is 3.90. The van der Waals surface area contributed by atoms with Crippen LogP contribution in [0, 0.1) is 0 Å². The maximum atomic E-state index is 12.4. The minimum absolute atomic E-state index is 0.0902. The lowest BCUT2D eigenvalue weighted by Gasteiger charge is -2.20. The molecular formula is C20H21NO4. The number of amides is 1. The van der Waals surface area contributed by atoms with Crippen molar-refractivity contribution in [3.63, 3.8) is 0 Å². The highest BCUT2D eigenvalue weighted by atomic mass is 16.6. The predicted molar refractivity (Wildman–Crippen MR) is 93.6 cm³/mol. The van der Waals surface area contributed by atoms with Crippen LogP contribution in [0.25, 0.3) is 0 Å². The van der Waals surface area contributed by atoms with Gasteiger partial charge in [-0.3, -0.25) is 0 Å². The van der Waals surface area contributed by atoms with Crippen molar-refractivity contribution >= 4 is 12.1 Å². The molecule has 0 bridgehead atoms. The molecule has 2 atom stereocenters. The molecule has 2 aromatic carbocycles. The van der Waals surface area contributed by atoms with Crippen LogP contribution < -0.4 is 0 Å². The fourth-order valence-electron chi connectivity index (χ4n) is 3.23. The topological polar surface area (TPSA) is 66.8 Å². The SMILES string of the molecule is C[C@@H]1C[C@@H](c2ccc(C(=O)O)cc2)CN1C(=O)OCc1ccccc1. The van der Waals surface area contributed by atoms with Gasteiger partial charge in [0.2, 0.25) is 0 Å². The Bertz CT molecular complexity index is 742. The van der Waals surface area contributed by atoms with Gasteiger partial charge in [0, 0.05) is 18.5 Å². The van der Waals surface area contributed by atoms with Crippen molar-refractivity contribution in [2.45, 2.75) is 31.9 Å². The molecule has 1 aliphatic rings. The Balaban J connectivity index is 1.60. The van der Waals surface area contributed by atoms with Gasteiger partial charge in [0.05, 0.1) is 5.56 Å². The third kappa shape index (κ3) is 3.99. The summed E-state index contributed by atoms with van der Waals surface area (Å²) in [6.07, 6.45) is 0.536. The monoisotopic (exact) mass is 339 g/mol. The molecule has 0 unspecified atom stereocenters. The lowest BCUT2D eigenvalue weighted by molar-refractivity contribution is 0.0696. The second-order valence-electron chi connectivity index (χ2n) is 6.40. The first kappa shape index (κ1) is 17.0. The molecule has 5 nitrogen and oxygen atoms in total. The highest BCUT2D eigenvalue weighted by molar-refractivity contribution is 5.87. The van der Waals surface area contributed by atoms with Gasteiger partial charge in [-0.25, -0.2) is 9.59 Å². The Kier molecular flexibility index (Phi) is 5.03. The third-order valence-corrected chi connectivity index (χ3v) is 4.64. The van der Waals surface area contributed by atoms with E-state index < -0.39 is 5.97 Å². The van der Waals surface area contributed by atoms with E-state index in [4.69, 9.17) is 9.84 Å². The fraction of sp³-hybridized carbons (Fsp3) is 0.300. The Morgan fingerprint density at radius 1 is 1.12 bits per heavy atom. The van der Waals surface area contributed by atoms with Crippen molar-refractivity contribution in [3.8, 4) is 0 Å². The normalized spacial score (nSPS) is 19.6. The molecule has 1 saturated heterocycles. The molecule has 0 aromatic heterocycles. The summed E-state index contributed by atoms with van der Waals surface area (Å²) in [6.45, 7) is 2.86. The van der Waals surface area contributed by atoms with Crippen LogP contribution in [-0.2, 0) is 11.3 Å². The van der Waals surface area contributed by atoms with Crippen LogP contribution in [0.2, 0.25) is 0 Å². The van der Waals surface area contributed by atoms with Crippen molar-refractivity contribution in [1.82, 2.24) is 4.90 Å². The molecule has 1 aliphatic heterocycles. The van der Waals surface area contributed by atoms with Crippen molar-refractivity contribution in [2.75, 3.05) is 6.54 Å². The Morgan fingerprint density at radius 2 is 1.80 bits per heavy atom. The number of hydrogen-bond acceptors (Lipinski definition) is 3. The lowest BCUT2D eigenvalue weighted by Crippen LogP contribution is -2.34. The first-order chi connectivity index (χ1) is 12.0. The van der Waals surface area contributed by atoms with Gasteiger partial charge in [-0.2, -0.15) is 0 Å². The zero-order chi connectivity index (χ0) is 17.8. The van der Waals surface area contributed by atoms with Crippen LogP contribution in [0.15, 0.2) is 54.6 Å². The molecule has 5 heteroatoms. The van der Waals surface area contributed by atoms with Crippen LogP contribution in [0.1, 0.15) is 40.7 Å². The average Bonchev–Trinajstić information content (AvgIpc) is 3.02. The molecule has 3 rings (SSSR count). The van der Waals surface area contributed by atoms with Crippen molar-refractivity contribution in [3.05, 3.63) is 71.3 Å². The standard InChI is InChI=1S/C20H21NO4/c1-14-11-18(16-7-9-17(10-8-16)19(22)23)12-21(14)20(24)25-13-15-5-3-2-4-6-15/h2-10,14,18H,11-13H2,1H3,(H,22,23)/t14-,18-/m1/s1. The maximum absolute atomic E-state index is 12.4. The molecule has 0 saturated carbocycles. The van der Waals surface area contributed by atoms with E-state index in [0.29, 0.717) is 6.54 Å². The first-order valence-corrected chi connectivity index (χ1v) is 8.35. The summed E-state index contributed by atoms with van der Waals surface area (Å²) in [4.78, 5) is 25.1. The Hall–Kier alpha value is -2.82. The molecule has 1 N–H and O–H groups in total. The quantitative estimate of drug-likeness (QED) is 0.917. The fourth-order valence-corrected chi connectivity index (χ4v) is 3.23. The summed E-state index contributed by atoms with van der Waals surface area (Å²) in [6, 6.07) is 16.6. The second-order valence-corrected chi connectivity index (χ2v) is 6.40. The largest absolute Gasteiger partial charge is 0.478 e. The molecule has 130 valence electrons. The number of likely N-dealkylation sites (tertiary alicyclic amines) is 1. The zero-order valence-corrected chi connectivity index (χ0v) is 14.1. The number of aromatic carboxylic acids is 1. The van der Waals surface area contributed by atoms with Crippen molar-refractivity contribution in [2.24, 2.45) is 0 Å². The minimum Gasteiger partial charge on any atom is -0.478 e. The number of ether oxygens (including phenoxy) is 1. The van der Waals surface area contributed by atoms with E-state index >= 15 is 0 Å². The molecule has 2 aromatic rings. The number of carboxylic acids is 1. The summed E-state index contributed by atoms with van der Waals surface area (Å²) in [7, 11) is 0. The number of benzene rings is 2. The summed E-state index contributed by atoms with van der Waals surface area (Å²) in [5, 5.41) is 8.98. The number of carbonyl (C=O) groups is 2. The van der Waals surface area contributed by atoms with Gasteiger partial charge in [-0.1, -0.05) is 42.5 Å². The van der Waals surface area contributed by atoms with Crippen LogP contribution >= 0.6 is 0 Å². The molecule has 1 heterocycles. The molecule has 0 spiro atoms. The van der Waals surface area contributed by atoms with E-state index in [-0.39, 0.29) is 30.2 Å². The van der Waals surface area contributed by atoms with E-state index in [2.05, 4.69) is 0 Å². The van der Waals surface area contributed by atoms with Gasteiger partial charge in [-0.05, 0) is 36.6 Å². The third-order valence-electron chi connectivity index (χ3n) is 4.64. The molecule has 0 aliphatic carbocycles. The molecular weight excluding hydrogens is 318 g/mol. The number of carboxylic acid groups (broad SMARTS) is 1. The average molecular weight is 339 g/mol. The maximum Gasteiger partial charge on any atom is 0.410 e. The zero-order valence-electron chi connectivity index (χ0n) is 14.1. The Morgan fingerprint density at radius 3 is 2.44 bits per heavy atom. The second kappa shape index (κ2) is 7.38. The molecule has 0 radical (unpaired) electrons. The van der Waals surface area contributed by atoms with Gasteiger partial charge in [0.25, 0.3) is 0 Å². The first-order valence-electron chi connectivity index (χ1n) is 8.35. The van der Waals surface area contributed by atoms with E-state index in [9.17, 15) is 9.59 Å². The number of carbonyl (C=O) groups excluding carboxylic acids is 1. The number of hydrogen-bond donors (Lipinski definition) is 1. The summed E-state index contributed by atoms with van der Waals surface area (Å²) in [5.41, 5.74) is 2.28. The molecule has 25 heavy (non-hydrogen) atoms. The minimum atomic E-state index is -0.933. The van der Waals surface area contributed by atoms with Crippen molar-refractivity contribution < 1.29 is 19.4 Å². The van der Waals surface area contributed by atoms with Gasteiger partial charge >= 0.3 is 12.1 Å². The molecule has 1 amide bonds. The van der Waals surface area contributed by atoms with Crippen LogP contribution in [0.5, 0.6) is 0 Å². The number of nitrogens with zero attached hydrogens (tertiary/aromatic N) is 1. The summed E-state index contributed by atoms with van der Waals surface area (Å²) >= 11 is 0. The Labute approximate surface area is 146 Å².